The monoisotopic (exact) mass is 296 g/mol. The van der Waals surface area contributed by atoms with E-state index in [1.165, 1.54) is 18.2 Å². The lowest BCUT2D eigenvalue weighted by Crippen LogP contribution is -2.29. The largest absolute Gasteiger partial charge is 0.348 e. The number of nitro benzene ring substituents is 1. The summed E-state index contributed by atoms with van der Waals surface area (Å²) in [7, 11) is 0. The predicted molar refractivity (Wildman–Crippen MR) is 76.9 cm³/mol. The van der Waals surface area contributed by atoms with Crippen LogP contribution in [0.1, 0.15) is 38.1 Å². The van der Waals surface area contributed by atoms with E-state index >= 15 is 0 Å². The van der Waals surface area contributed by atoms with Gasteiger partial charge >= 0.3 is 0 Å². The van der Waals surface area contributed by atoms with Gasteiger partial charge in [-0.25, -0.2) is 0 Å². The number of nitro groups is 1. The van der Waals surface area contributed by atoms with Crippen molar-refractivity contribution in [2.75, 3.05) is 0 Å². The normalized spacial score (nSPS) is 19.4. The quantitative estimate of drug-likeness (QED) is 0.686. The highest BCUT2D eigenvalue weighted by Gasteiger charge is 2.65. The molecule has 0 bridgehead atoms. The molecule has 0 aromatic heterocycles. The van der Waals surface area contributed by atoms with Crippen LogP contribution >= 0.6 is 11.6 Å². The predicted octanol–water partition coefficient (Wildman–Crippen LogP) is 3.41. The third-order valence-corrected chi connectivity index (χ3v) is 5.01. The molecule has 5 nitrogen and oxygen atoms in total. The first kappa shape index (κ1) is 14.8. The molecular formula is C14H17ClN2O3. The number of amides is 1. The first-order valence-corrected chi connectivity index (χ1v) is 6.71. The van der Waals surface area contributed by atoms with Crippen LogP contribution in [0.4, 0.5) is 5.69 Å². The molecule has 1 aliphatic carbocycles. The maximum atomic E-state index is 12.2. The highest BCUT2D eigenvalue weighted by molar-refractivity contribution is 6.33. The van der Waals surface area contributed by atoms with E-state index in [1.807, 2.05) is 0 Å². The van der Waals surface area contributed by atoms with Gasteiger partial charge in [-0.05, 0) is 23.0 Å². The number of rotatable bonds is 3. The van der Waals surface area contributed by atoms with Crippen LogP contribution in [-0.4, -0.2) is 16.9 Å². The zero-order valence-electron chi connectivity index (χ0n) is 11.9. The molecule has 108 valence electrons. The molecule has 0 spiro atoms. The Morgan fingerprint density at radius 1 is 1.30 bits per heavy atom. The topological polar surface area (TPSA) is 72.2 Å². The van der Waals surface area contributed by atoms with Crippen LogP contribution in [0.25, 0.3) is 0 Å². The molecule has 1 saturated carbocycles. The van der Waals surface area contributed by atoms with E-state index in [0.29, 0.717) is 5.56 Å². The lowest BCUT2D eigenvalue weighted by Gasteiger charge is -2.07. The molecule has 0 atom stereocenters. The highest BCUT2D eigenvalue weighted by Crippen LogP contribution is 2.62. The summed E-state index contributed by atoms with van der Waals surface area (Å²) in [4.78, 5) is 22.3. The van der Waals surface area contributed by atoms with Crippen LogP contribution in [0.3, 0.4) is 0 Å². The number of hydrogen-bond acceptors (Lipinski definition) is 3. The van der Waals surface area contributed by atoms with Gasteiger partial charge in [-0.2, -0.15) is 0 Å². The second-order valence-electron chi connectivity index (χ2n) is 6.27. The Morgan fingerprint density at radius 3 is 2.25 bits per heavy atom. The van der Waals surface area contributed by atoms with Crippen molar-refractivity contribution in [1.82, 2.24) is 5.32 Å². The van der Waals surface area contributed by atoms with Crippen molar-refractivity contribution in [3.8, 4) is 0 Å². The van der Waals surface area contributed by atoms with Crippen LogP contribution in [-0.2, 0) is 0 Å². The van der Waals surface area contributed by atoms with Crippen molar-refractivity contribution in [3.05, 3.63) is 38.9 Å². The van der Waals surface area contributed by atoms with Crippen LogP contribution in [0, 0.1) is 20.9 Å². The van der Waals surface area contributed by atoms with Crippen LogP contribution in [0.5, 0.6) is 0 Å². The number of halogens is 1. The van der Waals surface area contributed by atoms with Crippen molar-refractivity contribution in [3.63, 3.8) is 0 Å². The number of nitrogens with one attached hydrogen (secondary N) is 1. The third-order valence-electron chi connectivity index (χ3n) is 4.70. The Bertz CT molecular complexity index is 582. The molecule has 20 heavy (non-hydrogen) atoms. The van der Waals surface area contributed by atoms with Gasteiger partial charge in [0.25, 0.3) is 11.6 Å². The van der Waals surface area contributed by atoms with Gasteiger partial charge in [0.15, 0.2) is 0 Å². The molecule has 6 heteroatoms. The van der Waals surface area contributed by atoms with Crippen LogP contribution in [0.2, 0.25) is 5.02 Å². The zero-order chi connectivity index (χ0) is 15.3. The van der Waals surface area contributed by atoms with Crippen molar-refractivity contribution in [2.24, 2.45) is 10.8 Å². The fourth-order valence-electron chi connectivity index (χ4n) is 2.57. The Balaban J connectivity index is 2.16. The summed E-state index contributed by atoms with van der Waals surface area (Å²) >= 11 is 5.81. The number of benzene rings is 1. The summed E-state index contributed by atoms with van der Waals surface area (Å²) in [6.07, 6.45) is 0. The summed E-state index contributed by atoms with van der Waals surface area (Å²) in [6.45, 7) is 8.39. The Kier molecular flexibility index (Phi) is 3.29. The van der Waals surface area contributed by atoms with Gasteiger partial charge in [-0.3, -0.25) is 14.9 Å². The highest BCUT2D eigenvalue weighted by atomic mass is 35.5. The second-order valence-corrected chi connectivity index (χ2v) is 6.68. The van der Waals surface area contributed by atoms with Gasteiger partial charge in [0.1, 0.15) is 5.02 Å². The first-order valence-electron chi connectivity index (χ1n) is 6.34. The van der Waals surface area contributed by atoms with E-state index < -0.39 is 4.92 Å². The number of carbonyl (C=O) groups is 1. The van der Waals surface area contributed by atoms with Gasteiger partial charge in [-0.15, -0.1) is 0 Å². The van der Waals surface area contributed by atoms with Crippen molar-refractivity contribution in [1.29, 1.82) is 0 Å². The number of nitrogens with zero attached hydrogens (tertiary/aromatic N) is 1. The lowest BCUT2D eigenvalue weighted by atomic mass is 10.0. The molecule has 1 aromatic carbocycles. The lowest BCUT2D eigenvalue weighted by molar-refractivity contribution is -0.384. The molecule has 0 radical (unpaired) electrons. The molecule has 1 aliphatic rings. The van der Waals surface area contributed by atoms with Crippen molar-refractivity contribution >= 4 is 23.2 Å². The Labute approximate surface area is 122 Å². The van der Waals surface area contributed by atoms with Gasteiger partial charge < -0.3 is 5.32 Å². The van der Waals surface area contributed by atoms with E-state index in [9.17, 15) is 14.9 Å². The average Bonchev–Trinajstić information content (AvgIpc) is 2.71. The summed E-state index contributed by atoms with van der Waals surface area (Å²) < 4.78 is 0. The summed E-state index contributed by atoms with van der Waals surface area (Å²) in [5.41, 5.74) is 0.204. The third kappa shape index (κ3) is 2.16. The molecule has 1 aromatic rings. The molecule has 0 aliphatic heterocycles. The van der Waals surface area contributed by atoms with Gasteiger partial charge in [0.05, 0.1) is 4.92 Å². The summed E-state index contributed by atoms with van der Waals surface area (Å²) in [6, 6.07) is 4.08. The summed E-state index contributed by atoms with van der Waals surface area (Å²) in [5, 5.41) is 13.6. The van der Waals surface area contributed by atoms with E-state index in [2.05, 4.69) is 33.0 Å². The minimum absolute atomic E-state index is 0.0306. The summed E-state index contributed by atoms with van der Waals surface area (Å²) in [5.74, 6) is -0.259. The maximum Gasteiger partial charge on any atom is 0.287 e. The average molecular weight is 297 g/mol. The minimum atomic E-state index is -0.572. The van der Waals surface area contributed by atoms with E-state index in [0.717, 1.165) is 0 Å². The van der Waals surface area contributed by atoms with Gasteiger partial charge in [-0.1, -0.05) is 39.3 Å². The SMILES string of the molecule is CC1(C)C(NC(=O)c2ccc([N+](=O)[O-])c(Cl)c2)C1(C)C. The molecule has 0 saturated heterocycles. The van der Waals surface area contributed by atoms with Crippen LogP contribution < -0.4 is 5.32 Å². The molecular weight excluding hydrogens is 280 g/mol. The van der Waals surface area contributed by atoms with E-state index in [4.69, 9.17) is 11.6 Å². The molecule has 1 fully saturated rings. The van der Waals surface area contributed by atoms with Crippen molar-refractivity contribution < 1.29 is 9.72 Å². The smallest absolute Gasteiger partial charge is 0.287 e. The van der Waals surface area contributed by atoms with Crippen molar-refractivity contribution in [2.45, 2.75) is 33.7 Å². The van der Waals surface area contributed by atoms with Gasteiger partial charge in [0, 0.05) is 17.7 Å². The molecule has 1 N–H and O–H groups in total. The standard InChI is InChI=1S/C14H17ClN2O3/c1-13(2)12(14(13,3)4)16-11(18)8-5-6-10(17(19)20)9(15)7-8/h5-7,12H,1-4H3,(H,16,18). The Hall–Kier alpha value is -1.62. The molecule has 0 heterocycles. The van der Waals surface area contributed by atoms with E-state index in [-0.39, 0.29) is 33.5 Å². The minimum Gasteiger partial charge on any atom is -0.348 e. The Morgan fingerprint density at radius 2 is 1.85 bits per heavy atom. The fourth-order valence-corrected chi connectivity index (χ4v) is 2.82. The maximum absolute atomic E-state index is 12.2. The number of hydrogen-bond donors (Lipinski definition) is 1. The van der Waals surface area contributed by atoms with E-state index in [1.54, 1.807) is 0 Å². The molecule has 1 amide bonds. The van der Waals surface area contributed by atoms with Gasteiger partial charge in [0.2, 0.25) is 0 Å². The van der Waals surface area contributed by atoms with Crippen LogP contribution in [0.15, 0.2) is 18.2 Å². The first-order chi connectivity index (χ1) is 9.09. The fraction of sp³-hybridized carbons (Fsp3) is 0.500. The number of carbonyl (C=O) groups excluding carboxylic acids is 1. The zero-order valence-corrected chi connectivity index (χ0v) is 12.6. The second kappa shape index (κ2) is 4.45. The molecule has 2 rings (SSSR count). The molecule has 0 unspecified atom stereocenters.